The number of anilines is 2. The van der Waals surface area contributed by atoms with Crippen molar-refractivity contribution in [3.8, 4) is 0 Å². The largest absolute Gasteiger partial charge is 0.478 e. The number of piperidine rings is 1. The van der Waals surface area contributed by atoms with E-state index < -0.39 is 5.97 Å². The maximum Gasteiger partial charge on any atom is 0.337 e. The highest BCUT2D eigenvalue weighted by molar-refractivity contribution is 6.18. The van der Waals surface area contributed by atoms with Crippen molar-refractivity contribution in [2.24, 2.45) is 0 Å². The SMILES string of the molecule is Nc1ccc(N2C(=O)CCCC2=O)c(C(=O)O)c1. The zero-order valence-corrected chi connectivity index (χ0v) is 9.55. The second-order valence-corrected chi connectivity index (χ2v) is 4.06. The quantitative estimate of drug-likeness (QED) is 0.600. The van der Waals surface area contributed by atoms with Crippen molar-refractivity contribution in [3.63, 3.8) is 0 Å². The van der Waals surface area contributed by atoms with E-state index in [1.807, 2.05) is 0 Å². The molecule has 1 heterocycles. The Kier molecular flexibility index (Phi) is 3.01. The van der Waals surface area contributed by atoms with Gasteiger partial charge in [-0.05, 0) is 24.6 Å². The lowest BCUT2D eigenvalue weighted by molar-refractivity contribution is -0.129. The molecule has 1 fully saturated rings. The molecule has 6 heteroatoms. The minimum Gasteiger partial charge on any atom is -0.478 e. The second-order valence-electron chi connectivity index (χ2n) is 4.06. The van der Waals surface area contributed by atoms with Gasteiger partial charge in [0.2, 0.25) is 11.8 Å². The fraction of sp³-hybridized carbons (Fsp3) is 0.250. The third-order valence-corrected chi connectivity index (χ3v) is 2.77. The van der Waals surface area contributed by atoms with Gasteiger partial charge < -0.3 is 10.8 Å². The monoisotopic (exact) mass is 248 g/mol. The van der Waals surface area contributed by atoms with E-state index in [4.69, 9.17) is 10.8 Å². The highest BCUT2D eigenvalue weighted by Gasteiger charge is 2.30. The summed E-state index contributed by atoms with van der Waals surface area (Å²) in [7, 11) is 0. The van der Waals surface area contributed by atoms with E-state index in [9.17, 15) is 14.4 Å². The number of carbonyl (C=O) groups excluding carboxylic acids is 2. The van der Waals surface area contributed by atoms with Crippen molar-refractivity contribution < 1.29 is 19.5 Å². The fourth-order valence-corrected chi connectivity index (χ4v) is 1.94. The lowest BCUT2D eigenvalue weighted by Gasteiger charge is -2.26. The van der Waals surface area contributed by atoms with Crippen LogP contribution >= 0.6 is 0 Å². The zero-order valence-electron chi connectivity index (χ0n) is 9.55. The van der Waals surface area contributed by atoms with Gasteiger partial charge in [0.05, 0.1) is 11.3 Å². The van der Waals surface area contributed by atoms with Gasteiger partial charge in [0.1, 0.15) is 0 Å². The van der Waals surface area contributed by atoms with Crippen molar-refractivity contribution in [1.29, 1.82) is 0 Å². The van der Waals surface area contributed by atoms with Gasteiger partial charge in [-0.2, -0.15) is 0 Å². The third kappa shape index (κ3) is 2.04. The van der Waals surface area contributed by atoms with Crippen LogP contribution < -0.4 is 10.6 Å². The smallest absolute Gasteiger partial charge is 0.337 e. The van der Waals surface area contributed by atoms with Crippen molar-refractivity contribution in [1.82, 2.24) is 0 Å². The number of hydrogen-bond donors (Lipinski definition) is 2. The molecule has 6 nitrogen and oxygen atoms in total. The number of nitrogen functional groups attached to an aromatic ring is 1. The lowest BCUT2D eigenvalue weighted by Crippen LogP contribution is -2.41. The summed E-state index contributed by atoms with van der Waals surface area (Å²) >= 11 is 0. The molecule has 94 valence electrons. The highest BCUT2D eigenvalue weighted by atomic mass is 16.4. The molecule has 0 bridgehead atoms. The number of amides is 2. The van der Waals surface area contributed by atoms with E-state index in [0.717, 1.165) is 4.90 Å². The molecule has 1 aliphatic heterocycles. The van der Waals surface area contributed by atoms with Crippen LogP contribution in [-0.4, -0.2) is 22.9 Å². The number of rotatable bonds is 2. The van der Waals surface area contributed by atoms with E-state index >= 15 is 0 Å². The number of carboxylic acid groups (broad SMARTS) is 1. The minimum atomic E-state index is -1.22. The molecule has 1 aliphatic rings. The average molecular weight is 248 g/mol. The number of nitrogens with zero attached hydrogens (tertiary/aromatic N) is 1. The summed E-state index contributed by atoms with van der Waals surface area (Å²) in [5, 5.41) is 9.09. The standard InChI is InChI=1S/C12H12N2O4/c13-7-4-5-9(8(6-7)12(17)18)14-10(15)2-1-3-11(14)16/h4-6H,1-3,13H2,(H,17,18). The molecule has 0 radical (unpaired) electrons. The number of aromatic carboxylic acids is 1. The Hall–Kier alpha value is -2.37. The van der Waals surface area contributed by atoms with Gasteiger partial charge >= 0.3 is 5.97 Å². The summed E-state index contributed by atoms with van der Waals surface area (Å²) in [6.07, 6.45) is 0.996. The summed E-state index contributed by atoms with van der Waals surface area (Å²) in [5.74, 6) is -1.97. The molecule has 0 saturated carbocycles. The molecule has 1 aromatic carbocycles. The van der Waals surface area contributed by atoms with Crippen LogP contribution in [0.2, 0.25) is 0 Å². The summed E-state index contributed by atoms with van der Waals surface area (Å²) in [4.78, 5) is 35.6. The highest BCUT2D eigenvalue weighted by Crippen LogP contribution is 2.27. The van der Waals surface area contributed by atoms with Crippen LogP contribution in [0, 0.1) is 0 Å². The Morgan fingerprint density at radius 2 is 1.83 bits per heavy atom. The Bertz CT molecular complexity index is 523. The predicted molar refractivity (Wildman–Crippen MR) is 64.2 cm³/mol. The number of carboxylic acids is 1. The molecule has 2 amide bonds. The Morgan fingerprint density at radius 3 is 2.39 bits per heavy atom. The van der Waals surface area contributed by atoms with Crippen LogP contribution in [0.1, 0.15) is 29.6 Å². The molecule has 0 spiro atoms. The Morgan fingerprint density at radius 1 is 1.22 bits per heavy atom. The first kappa shape index (κ1) is 12.1. The van der Waals surface area contributed by atoms with E-state index in [-0.39, 0.29) is 41.6 Å². The minimum absolute atomic E-state index is 0.0893. The number of carbonyl (C=O) groups is 3. The summed E-state index contributed by atoms with van der Waals surface area (Å²) in [6, 6.07) is 4.10. The molecule has 0 unspecified atom stereocenters. The molecule has 0 aliphatic carbocycles. The van der Waals surface area contributed by atoms with Crippen molar-refractivity contribution in [2.75, 3.05) is 10.6 Å². The third-order valence-electron chi connectivity index (χ3n) is 2.77. The molecule has 0 aromatic heterocycles. The van der Waals surface area contributed by atoms with Gasteiger partial charge in [-0.15, -0.1) is 0 Å². The molecular weight excluding hydrogens is 236 g/mol. The predicted octanol–water partition coefficient (Wildman–Crippen LogP) is 1.01. The maximum atomic E-state index is 11.7. The van der Waals surface area contributed by atoms with E-state index in [2.05, 4.69) is 0 Å². The van der Waals surface area contributed by atoms with Gasteiger partial charge in [-0.25, -0.2) is 9.69 Å². The van der Waals surface area contributed by atoms with Gasteiger partial charge in [0, 0.05) is 18.5 Å². The number of imide groups is 1. The van der Waals surface area contributed by atoms with Gasteiger partial charge in [-0.1, -0.05) is 0 Å². The second kappa shape index (κ2) is 4.48. The molecule has 18 heavy (non-hydrogen) atoms. The summed E-state index contributed by atoms with van der Waals surface area (Å²) in [6.45, 7) is 0. The molecule has 3 N–H and O–H groups in total. The number of hydrogen-bond acceptors (Lipinski definition) is 4. The summed E-state index contributed by atoms with van der Waals surface area (Å²) in [5.41, 5.74) is 5.73. The number of benzene rings is 1. The number of nitrogens with two attached hydrogens (primary N) is 1. The maximum absolute atomic E-state index is 11.7. The van der Waals surface area contributed by atoms with Gasteiger partial charge in [0.25, 0.3) is 0 Å². The van der Waals surface area contributed by atoms with Crippen molar-refractivity contribution >= 4 is 29.2 Å². The lowest BCUT2D eigenvalue weighted by atomic mass is 10.1. The van der Waals surface area contributed by atoms with Crippen LogP contribution in [0.25, 0.3) is 0 Å². The van der Waals surface area contributed by atoms with Crippen LogP contribution in [0.3, 0.4) is 0 Å². The molecule has 2 rings (SSSR count). The first-order chi connectivity index (χ1) is 8.50. The molecular formula is C12H12N2O4. The molecule has 0 atom stereocenters. The van der Waals surface area contributed by atoms with Crippen molar-refractivity contribution in [3.05, 3.63) is 23.8 Å². The molecule has 1 saturated heterocycles. The molecule has 1 aromatic rings. The van der Waals surface area contributed by atoms with Crippen LogP contribution in [-0.2, 0) is 9.59 Å². The normalized spacial score (nSPS) is 15.9. The fourth-order valence-electron chi connectivity index (χ4n) is 1.94. The average Bonchev–Trinajstić information content (AvgIpc) is 2.30. The Balaban J connectivity index is 2.52. The topological polar surface area (TPSA) is 101 Å². The van der Waals surface area contributed by atoms with Gasteiger partial charge in [-0.3, -0.25) is 9.59 Å². The van der Waals surface area contributed by atoms with Crippen molar-refractivity contribution in [2.45, 2.75) is 19.3 Å². The zero-order chi connectivity index (χ0) is 13.3. The van der Waals surface area contributed by atoms with Crippen LogP contribution in [0.15, 0.2) is 18.2 Å². The van der Waals surface area contributed by atoms with E-state index in [1.54, 1.807) is 0 Å². The van der Waals surface area contributed by atoms with Crippen LogP contribution in [0.4, 0.5) is 11.4 Å². The van der Waals surface area contributed by atoms with E-state index in [1.165, 1.54) is 18.2 Å². The first-order valence-corrected chi connectivity index (χ1v) is 5.49. The Labute approximate surface area is 103 Å². The van der Waals surface area contributed by atoms with E-state index in [0.29, 0.717) is 6.42 Å². The van der Waals surface area contributed by atoms with Gasteiger partial charge in [0.15, 0.2) is 0 Å². The summed E-state index contributed by atoms with van der Waals surface area (Å²) < 4.78 is 0. The van der Waals surface area contributed by atoms with Crippen LogP contribution in [0.5, 0.6) is 0 Å². The first-order valence-electron chi connectivity index (χ1n) is 5.49.